The van der Waals surface area contributed by atoms with E-state index in [2.05, 4.69) is 20.2 Å². The molecule has 1 aliphatic carbocycles. The minimum Gasteiger partial charge on any atom is -0.438 e. The van der Waals surface area contributed by atoms with Gasteiger partial charge in [-0.1, -0.05) is 6.42 Å². The number of carbonyl (C=O) groups is 1. The van der Waals surface area contributed by atoms with Gasteiger partial charge in [-0.2, -0.15) is 5.10 Å². The minimum absolute atomic E-state index is 0.0820. The van der Waals surface area contributed by atoms with Gasteiger partial charge in [0.1, 0.15) is 5.82 Å². The van der Waals surface area contributed by atoms with E-state index in [4.69, 9.17) is 9.40 Å². The normalized spacial score (nSPS) is 20.8. The van der Waals surface area contributed by atoms with Gasteiger partial charge in [0.05, 0.1) is 5.69 Å². The first-order valence-electron chi connectivity index (χ1n) is 9.18. The number of nitrogens with zero attached hydrogens (tertiary/aromatic N) is 5. The van der Waals surface area contributed by atoms with E-state index in [0.717, 1.165) is 30.8 Å². The number of carbonyl (C=O) groups excluding carboxylic acids is 1. The van der Waals surface area contributed by atoms with E-state index in [1.54, 1.807) is 19.3 Å². The first kappa shape index (κ1) is 16.2. The summed E-state index contributed by atoms with van der Waals surface area (Å²) in [7, 11) is 0. The molecule has 8 heteroatoms. The molecule has 3 aromatic heterocycles. The smallest absolute Gasteiger partial charge is 0.291 e. The number of aryl methyl sites for hydroxylation is 1. The van der Waals surface area contributed by atoms with Crippen LogP contribution in [0, 0.1) is 12.3 Å². The highest BCUT2D eigenvalue weighted by Crippen LogP contribution is 2.55. The van der Waals surface area contributed by atoms with E-state index in [1.165, 1.54) is 12.8 Å². The van der Waals surface area contributed by atoms with Crippen LogP contribution in [0.1, 0.15) is 47.3 Å². The Morgan fingerprint density at radius 3 is 2.81 bits per heavy atom. The van der Waals surface area contributed by atoms with Gasteiger partial charge < -0.3 is 9.32 Å². The molecule has 1 unspecified atom stereocenters. The molecule has 2 aliphatic rings. The van der Waals surface area contributed by atoms with Crippen LogP contribution in [0.25, 0.3) is 11.4 Å². The second kappa shape index (κ2) is 6.00. The van der Waals surface area contributed by atoms with E-state index >= 15 is 0 Å². The number of hydrogen-bond acceptors (Lipinski definition) is 6. The average molecular weight is 364 g/mol. The van der Waals surface area contributed by atoms with Gasteiger partial charge in [0.25, 0.3) is 5.91 Å². The van der Waals surface area contributed by atoms with Crippen LogP contribution in [0.3, 0.4) is 0 Å². The summed E-state index contributed by atoms with van der Waals surface area (Å²) in [6.45, 7) is 3.13. The third-order valence-corrected chi connectivity index (χ3v) is 6.00. The van der Waals surface area contributed by atoms with Crippen molar-refractivity contribution in [2.75, 3.05) is 13.1 Å². The maximum Gasteiger partial charge on any atom is 0.291 e. The van der Waals surface area contributed by atoms with Crippen molar-refractivity contribution >= 4 is 5.91 Å². The zero-order chi connectivity index (χ0) is 18.4. The van der Waals surface area contributed by atoms with Gasteiger partial charge in [-0.25, -0.2) is 9.97 Å². The fourth-order valence-electron chi connectivity index (χ4n) is 4.35. The molecular formula is C19H20N6O2. The van der Waals surface area contributed by atoms with E-state index in [1.807, 2.05) is 17.0 Å². The van der Waals surface area contributed by atoms with Gasteiger partial charge >= 0.3 is 0 Å². The van der Waals surface area contributed by atoms with Crippen LogP contribution < -0.4 is 0 Å². The zero-order valence-corrected chi connectivity index (χ0v) is 15.1. The molecule has 1 atom stereocenters. The van der Waals surface area contributed by atoms with Crippen molar-refractivity contribution in [1.82, 2.24) is 30.0 Å². The van der Waals surface area contributed by atoms with Crippen LogP contribution in [0.15, 0.2) is 35.3 Å². The number of H-pyrrole nitrogens is 1. The summed E-state index contributed by atoms with van der Waals surface area (Å²) in [5, 5.41) is 7.51. The first-order chi connectivity index (χ1) is 13.2. The number of likely N-dealkylation sites (tertiary alicyclic amines) is 1. The predicted molar refractivity (Wildman–Crippen MR) is 95.8 cm³/mol. The quantitative estimate of drug-likeness (QED) is 0.766. The number of rotatable bonds is 3. The Hall–Kier alpha value is -3.03. The SMILES string of the molecule is Cc1ncoc1C(=O)N1CC(c2nc(-c3ccncc3)n[nH]2)C2(CCC2)C1. The number of oxazole rings is 1. The van der Waals surface area contributed by atoms with Crippen molar-refractivity contribution in [3.8, 4) is 11.4 Å². The summed E-state index contributed by atoms with van der Waals surface area (Å²) in [6, 6.07) is 3.78. The first-order valence-corrected chi connectivity index (χ1v) is 9.18. The Morgan fingerprint density at radius 1 is 1.33 bits per heavy atom. The second-order valence-corrected chi connectivity index (χ2v) is 7.50. The molecule has 1 N–H and O–H groups in total. The molecule has 1 aliphatic heterocycles. The molecule has 0 radical (unpaired) electrons. The van der Waals surface area contributed by atoms with Crippen molar-refractivity contribution < 1.29 is 9.21 Å². The molecule has 8 nitrogen and oxygen atoms in total. The van der Waals surface area contributed by atoms with Crippen molar-refractivity contribution in [2.24, 2.45) is 5.41 Å². The monoisotopic (exact) mass is 364 g/mol. The average Bonchev–Trinajstić information content (AvgIpc) is 3.38. The van der Waals surface area contributed by atoms with Crippen LogP contribution in [0.2, 0.25) is 0 Å². The van der Waals surface area contributed by atoms with Gasteiger partial charge in [0, 0.05) is 37.0 Å². The molecule has 4 heterocycles. The molecular weight excluding hydrogens is 344 g/mol. The van der Waals surface area contributed by atoms with Gasteiger partial charge in [-0.15, -0.1) is 0 Å². The molecule has 138 valence electrons. The molecule has 1 amide bonds. The highest BCUT2D eigenvalue weighted by atomic mass is 16.3. The molecule has 0 bridgehead atoms. The molecule has 27 heavy (non-hydrogen) atoms. The van der Waals surface area contributed by atoms with Crippen LogP contribution >= 0.6 is 0 Å². The summed E-state index contributed by atoms with van der Waals surface area (Å²) in [4.78, 5) is 27.6. The predicted octanol–water partition coefficient (Wildman–Crippen LogP) is 2.57. The van der Waals surface area contributed by atoms with Crippen LogP contribution in [-0.4, -0.2) is 49.0 Å². The number of aromatic nitrogens is 5. The molecule has 1 saturated heterocycles. The molecule has 5 rings (SSSR count). The summed E-state index contributed by atoms with van der Waals surface area (Å²) in [5.74, 6) is 1.91. The molecule has 1 spiro atoms. The van der Waals surface area contributed by atoms with Gasteiger partial charge in [0.15, 0.2) is 12.2 Å². The van der Waals surface area contributed by atoms with Crippen molar-refractivity contribution in [3.63, 3.8) is 0 Å². The maximum absolute atomic E-state index is 12.9. The molecule has 3 aromatic rings. The maximum atomic E-state index is 12.9. The van der Waals surface area contributed by atoms with Crippen LogP contribution in [0.5, 0.6) is 0 Å². The van der Waals surface area contributed by atoms with Crippen LogP contribution in [0.4, 0.5) is 0 Å². The molecule has 0 aromatic carbocycles. The fraction of sp³-hybridized carbons (Fsp3) is 0.421. The van der Waals surface area contributed by atoms with Gasteiger partial charge in [-0.3, -0.25) is 14.9 Å². The van der Waals surface area contributed by atoms with E-state index in [-0.39, 0.29) is 17.2 Å². The molecule has 1 saturated carbocycles. The summed E-state index contributed by atoms with van der Waals surface area (Å²) >= 11 is 0. The highest BCUT2D eigenvalue weighted by molar-refractivity contribution is 5.92. The van der Waals surface area contributed by atoms with E-state index in [0.29, 0.717) is 23.8 Å². The Balaban J connectivity index is 1.43. The lowest BCUT2D eigenvalue weighted by molar-refractivity contribution is 0.0693. The van der Waals surface area contributed by atoms with Crippen molar-refractivity contribution in [2.45, 2.75) is 32.1 Å². The molecule has 2 fully saturated rings. The Morgan fingerprint density at radius 2 is 2.15 bits per heavy atom. The topological polar surface area (TPSA) is 101 Å². The van der Waals surface area contributed by atoms with E-state index in [9.17, 15) is 4.79 Å². The zero-order valence-electron chi connectivity index (χ0n) is 15.1. The fourth-order valence-corrected chi connectivity index (χ4v) is 4.35. The lowest BCUT2D eigenvalue weighted by atomic mass is 9.62. The summed E-state index contributed by atoms with van der Waals surface area (Å²) in [6.07, 6.45) is 8.17. The van der Waals surface area contributed by atoms with Gasteiger partial charge in [-0.05, 0) is 37.3 Å². The number of aromatic amines is 1. The largest absolute Gasteiger partial charge is 0.438 e. The van der Waals surface area contributed by atoms with Crippen LogP contribution in [-0.2, 0) is 0 Å². The third kappa shape index (κ3) is 2.55. The number of amides is 1. The van der Waals surface area contributed by atoms with E-state index < -0.39 is 0 Å². The summed E-state index contributed by atoms with van der Waals surface area (Å²) < 4.78 is 5.32. The minimum atomic E-state index is -0.0901. The van der Waals surface area contributed by atoms with Gasteiger partial charge in [0.2, 0.25) is 5.76 Å². The number of pyridine rings is 1. The number of nitrogens with one attached hydrogen (secondary N) is 1. The third-order valence-electron chi connectivity index (χ3n) is 6.00. The Labute approximate surface area is 156 Å². The Bertz CT molecular complexity index is 975. The second-order valence-electron chi connectivity index (χ2n) is 7.50. The Kier molecular flexibility index (Phi) is 3.60. The highest BCUT2D eigenvalue weighted by Gasteiger charge is 2.53. The summed E-state index contributed by atoms with van der Waals surface area (Å²) in [5.41, 5.74) is 1.64. The lowest BCUT2D eigenvalue weighted by Crippen LogP contribution is -2.38. The van der Waals surface area contributed by atoms with Crippen molar-refractivity contribution in [1.29, 1.82) is 0 Å². The standard InChI is InChI=1S/C19H20N6O2/c1-12-15(27-11-21-12)18(26)25-9-14(19(10-25)5-2-6-19)17-22-16(23-24-17)13-3-7-20-8-4-13/h3-4,7-8,11,14H,2,5-6,9-10H2,1H3,(H,22,23,24). The van der Waals surface area contributed by atoms with Crippen molar-refractivity contribution in [3.05, 3.63) is 48.2 Å². The number of hydrogen-bond donors (Lipinski definition) is 1. The lowest BCUT2D eigenvalue weighted by Gasteiger charge is -2.41.